The summed E-state index contributed by atoms with van der Waals surface area (Å²) in [6.45, 7) is 0.865. The topological polar surface area (TPSA) is 92.2 Å². The number of carbonyl (C=O) groups excluding carboxylic acids is 1. The highest BCUT2D eigenvalue weighted by atomic mass is 79.9. The van der Waals surface area contributed by atoms with Crippen molar-refractivity contribution in [2.24, 2.45) is 4.99 Å². The van der Waals surface area contributed by atoms with Crippen LogP contribution in [0.15, 0.2) is 137 Å². The van der Waals surface area contributed by atoms with Crippen LogP contribution in [0, 0.1) is 0 Å². The van der Waals surface area contributed by atoms with E-state index in [9.17, 15) is 4.79 Å². The van der Waals surface area contributed by atoms with E-state index in [0.29, 0.717) is 36.2 Å². The summed E-state index contributed by atoms with van der Waals surface area (Å²) >= 11 is 9.60. The molecule has 1 aliphatic rings. The van der Waals surface area contributed by atoms with Crippen molar-refractivity contribution in [3.05, 3.63) is 159 Å². The second-order valence-corrected chi connectivity index (χ2v) is 12.9. The van der Waals surface area contributed by atoms with Gasteiger partial charge in [-0.15, -0.1) is 0 Å². The predicted octanol–water partition coefficient (Wildman–Crippen LogP) is 7.85. The van der Waals surface area contributed by atoms with Gasteiger partial charge in [-0.05, 0) is 76.3 Å². The van der Waals surface area contributed by atoms with Crippen LogP contribution in [0.4, 0.5) is 0 Å². The molecule has 2 atom stereocenters. The molecule has 0 saturated carbocycles. The fraction of sp³-hybridized carbons (Fsp3) is 0.179. The Morgan fingerprint density at radius 3 is 2.17 bits per heavy atom. The molecular weight excluding hydrogens is 690 g/mol. The smallest absolute Gasteiger partial charge is 0.266 e. The Morgan fingerprint density at radius 1 is 0.833 bits per heavy atom. The van der Waals surface area contributed by atoms with Gasteiger partial charge >= 0.3 is 0 Å². The zero-order valence-electron chi connectivity index (χ0n) is 26.1. The number of carbonyl (C=O) groups is 1. The Labute approximate surface area is 293 Å². The quantitative estimate of drug-likeness (QED) is 0.0850. The molecule has 3 N–H and O–H groups in total. The zero-order valence-corrected chi connectivity index (χ0v) is 28.5. The number of hydrazine groups is 1. The monoisotopic (exact) mass is 723 g/mol. The van der Waals surface area contributed by atoms with Gasteiger partial charge in [0.05, 0.1) is 6.61 Å². The lowest BCUT2D eigenvalue weighted by Gasteiger charge is -2.31. The molecule has 1 heterocycles. The fourth-order valence-corrected chi connectivity index (χ4v) is 6.00. The average Bonchev–Trinajstić information content (AvgIpc) is 3.51. The van der Waals surface area contributed by atoms with Gasteiger partial charge in [-0.1, -0.05) is 106 Å². The molecule has 6 rings (SSSR count). The van der Waals surface area contributed by atoms with Crippen LogP contribution in [0.2, 0.25) is 5.02 Å². The number of nitrogens with zero attached hydrogens (tertiary/aromatic N) is 1. The molecule has 0 saturated heterocycles. The number of aliphatic hydroxyl groups excluding tert-OH is 1. The van der Waals surface area contributed by atoms with E-state index in [0.717, 1.165) is 37.9 Å². The standard InChI is InChI=1S/C39H35BrClN3O4/c40-33-17-7-27(8-18-33)25-39(38(46)44-42-26-28-9-19-34(41)20-10-28)36(31-13-11-30(12-14-31)29-5-2-1-3-6-29)48-37(43-39)32-15-21-35(22-16-32)47-24-4-23-45/h1-3,5-22,36,42,45H,4,23-26H2,(H,44,46)/t36-,39-/m0/s1. The molecule has 5 aromatic rings. The number of benzene rings is 5. The van der Waals surface area contributed by atoms with Crippen molar-refractivity contribution >= 4 is 39.3 Å². The molecule has 0 aromatic heterocycles. The van der Waals surface area contributed by atoms with Crippen LogP contribution in [-0.4, -0.2) is 35.7 Å². The first-order valence-corrected chi connectivity index (χ1v) is 16.9. The Hall–Kier alpha value is -4.47. The Morgan fingerprint density at radius 2 is 1.48 bits per heavy atom. The van der Waals surface area contributed by atoms with Gasteiger partial charge in [-0.25, -0.2) is 10.4 Å². The predicted molar refractivity (Wildman–Crippen MR) is 193 cm³/mol. The molecular formula is C39H35BrClN3O4. The lowest BCUT2D eigenvalue weighted by atomic mass is 9.82. The molecule has 7 nitrogen and oxygen atoms in total. The summed E-state index contributed by atoms with van der Waals surface area (Å²) in [5.74, 6) is 0.707. The molecule has 1 aliphatic heterocycles. The second-order valence-electron chi connectivity index (χ2n) is 11.5. The van der Waals surface area contributed by atoms with Crippen molar-refractivity contribution in [2.75, 3.05) is 13.2 Å². The van der Waals surface area contributed by atoms with Crippen molar-refractivity contribution in [3.8, 4) is 16.9 Å². The van der Waals surface area contributed by atoms with Crippen molar-refractivity contribution in [1.29, 1.82) is 0 Å². The van der Waals surface area contributed by atoms with Gasteiger partial charge in [0.2, 0.25) is 5.90 Å². The highest BCUT2D eigenvalue weighted by Crippen LogP contribution is 2.43. The summed E-state index contributed by atoms with van der Waals surface area (Å²) < 4.78 is 13.4. The number of nitrogens with one attached hydrogen (secondary N) is 2. The van der Waals surface area contributed by atoms with Gasteiger partial charge in [-0.3, -0.25) is 10.2 Å². The third-order valence-corrected chi connectivity index (χ3v) is 8.93. The maximum Gasteiger partial charge on any atom is 0.266 e. The molecule has 9 heteroatoms. The van der Waals surface area contributed by atoms with Crippen LogP contribution in [-0.2, 0) is 22.5 Å². The maximum absolute atomic E-state index is 14.5. The highest BCUT2D eigenvalue weighted by molar-refractivity contribution is 9.10. The third-order valence-electron chi connectivity index (χ3n) is 8.15. The first-order valence-electron chi connectivity index (χ1n) is 15.7. The molecule has 244 valence electrons. The SMILES string of the molecule is O=C(NNCc1ccc(Cl)cc1)[C@@]1(Cc2ccc(Br)cc2)N=C(c2ccc(OCCCO)cc2)O[C@H]1c1ccc(-c2ccccc2)cc1. The molecule has 48 heavy (non-hydrogen) atoms. The van der Waals surface area contributed by atoms with Crippen LogP contribution in [0.3, 0.4) is 0 Å². The van der Waals surface area contributed by atoms with Gasteiger partial charge in [0, 0.05) is 41.1 Å². The van der Waals surface area contributed by atoms with Crippen molar-refractivity contribution in [1.82, 2.24) is 10.9 Å². The van der Waals surface area contributed by atoms with Gasteiger partial charge < -0.3 is 14.6 Å². The van der Waals surface area contributed by atoms with E-state index in [1.807, 2.05) is 115 Å². The van der Waals surface area contributed by atoms with E-state index in [2.05, 4.69) is 38.9 Å². The number of rotatable bonds is 13. The number of aliphatic hydroxyl groups is 1. The number of halogens is 2. The Kier molecular flexibility index (Phi) is 10.9. The lowest BCUT2D eigenvalue weighted by Crippen LogP contribution is -2.53. The molecule has 0 aliphatic carbocycles. The van der Waals surface area contributed by atoms with Crippen molar-refractivity contribution in [3.63, 3.8) is 0 Å². The second kappa shape index (κ2) is 15.6. The van der Waals surface area contributed by atoms with Crippen LogP contribution in [0.5, 0.6) is 5.75 Å². The zero-order chi connectivity index (χ0) is 33.3. The van der Waals surface area contributed by atoms with Crippen LogP contribution >= 0.6 is 27.5 Å². The molecule has 5 aromatic carbocycles. The first-order chi connectivity index (χ1) is 23.4. The van der Waals surface area contributed by atoms with Gasteiger partial charge in [0.25, 0.3) is 5.91 Å². The van der Waals surface area contributed by atoms with E-state index in [4.69, 9.17) is 31.2 Å². The van der Waals surface area contributed by atoms with E-state index >= 15 is 0 Å². The minimum atomic E-state index is -1.36. The summed E-state index contributed by atoms with van der Waals surface area (Å²) in [4.78, 5) is 19.6. The molecule has 0 unspecified atom stereocenters. The van der Waals surface area contributed by atoms with Gasteiger partial charge in [0.15, 0.2) is 11.6 Å². The third kappa shape index (κ3) is 7.97. The Balaban J connectivity index is 1.37. The molecule has 0 bridgehead atoms. The number of ether oxygens (including phenoxy) is 2. The summed E-state index contributed by atoms with van der Waals surface area (Å²) in [5.41, 5.74) is 10.3. The average molecular weight is 725 g/mol. The summed E-state index contributed by atoms with van der Waals surface area (Å²) in [7, 11) is 0. The molecule has 0 radical (unpaired) electrons. The van der Waals surface area contributed by atoms with E-state index < -0.39 is 11.6 Å². The fourth-order valence-electron chi connectivity index (χ4n) is 5.61. The van der Waals surface area contributed by atoms with E-state index in [1.165, 1.54) is 0 Å². The molecule has 0 fully saturated rings. The number of aliphatic imine (C=N–C) groups is 1. The Bertz CT molecular complexity index is 1830. The minimum Gasteiger partial charge on any atom is -0.494 e. The number of hydrogen-bond donors (Lipinski definition) is 3. The van der Waals surface area contributed by atoms with Crippen LogP contribution < -0.4 is 15.6 Å². The normalized spacial score (nSPS) is 17.0. The molecule has 0 spiro atoms. The largest absolute Gasteiger partial charge is 0.494 e. The lowest BCUT2D eigenvalue weighted by molar-refractivity contribution is -0.130. The van der Waals surface area contributed by atoms with E-state index in [1.54, 1.807) is 0 Å². The summed E-state index contributed by atoms with van der Waals surface area (Å²) in [5, 5.41) is 9.75. The summed E-state index contributed by atoms with van der Waals surface area (Å²) in [6.07, 6.45) is 0.0899. The number of amides is 1. The van der Waals surface area contributed by atoms with Gasteiger partial charge in [-0.2, -0.15) is 0 Å². The van der Waals surface area contributed by atoms with Crippen LogP contribution in [0.1, 0.15) is 34.8 Å². The molecule has 1 amide bonds. The summed E-state index contributed by atoms with van der Waals surface area (Å²) in [6, 6.07) is 41.0. The number of hydrogen-bond acceptors (Lipinski definition) is 6. The first kappa shape index (κ1) is 33.4. The van der Waals surface area contributed by atoms with Crippen molar-refractivity contribution in [2.45, 2.75) is 31.0 Å². The minimum absolute atomic E-state index is 0.0630. The van der Waals surface area contributed by atoms with Crippen molar-refractivity contribution < 1.29 is 19.4 Å². The highest BCUT2D eigenvalue weighted by Gasteiger charge is 2.53. The van der Waals surface area contributed by atoms with E-state index in [-0.39, 0.29) is 18.9 Å². The van der Waals surface area contributed by atoms with Crippen LogP contribution in [0.25, 0.3) is 11.1 Å². The van der Waals surface area contributed by atoms with Gasteiger partial charge in [0.1, 0.15) is 5.75 Å². The maximum atomic E-state index is 14.5.